The zero-order valence-electron chi connectivity index (χ0n) is 13.5. The lowest BCUT2D eigenvalue weighted by molar-refractivity contribution is -0.131. The zero-order chi connectivity index (χ0) is 16.5. The molecule has 126 valence electrons. The second kappa shape index (κ2) is 6.64. The van der Waals surface area contributed by atoms with Crippen molar-refractivity contribution in [3.63, 3.8) is 0 Å². The predicted octanol–water partition coefficient (Wildman–Crippen LogP) is 0.797. The van der Waals surface area contributed by atoms with Gasteiger partial charge in [0.25, 0.3) is 5.91 Å². The summed E-state index contributed by atoms with van der Waals surface area (Å²) in [6, 6.07) is 0. The van der Waals surface area contributed by atoms with Gasteiger partial charge in [-0.3, -0.25) is 14.2 Å². The molecule has 0 spiro atoms. The average molecular weight is 330 g/mol. The van der Waals surface area contributed by atoms with E-state index in [1.54, 1.807) is 4.90 Å². The predicted molar refractivity (Wildman–Crippen MR) is 86.3 cm³/mol. The second-order valence-corrected chi connectivity index (χ2v) is 7.84. The number of rotatable bonds is 5. The second-order valence-electron chi connectivity index (χ2n) is 6.86. The van der Waals surface area contributed by atoms with Crippen LogP contribution in [0, 0.1) is 11.8 Å². The van der Waals surface area contributed by atoms with Crippen molar-refractivity contribution in [1.29, 1.82) is 0 Å². The van der Waals surface area contributed by atoms with Crippen molar-refractivity contribution in [2.45, 2.75) is 45.6 Å². The first kappa shape index (κ1) is 17.4. The molecule has 2 aliphatic rings. The van der Waals surface area contributed by atoms with E-state index in [9.17, 15) is 9.00 Å². The molecule has 1 fully saturated rings. The molecular weight excluding hydrogens is 304 g/mol. The number of nitrogens with two attached hydrogens (primary N) is 1. The van der Waals surface area contributed by atoms with Crippen molar-refractivity contribution in [1.82, 2.24) is 9.21 Å². The number of guanidine groups is 1. The summed E-state index contributed by atoms with van der Waals surface area (Å²) >= 11 is -1.90. The minimum Gasteiger partial charge on any atom is -0.369 e. The van der Waals surface area contributed by atoms with Crippen LogP contribution in [0.4, 0.5) is 0 Å². The Morgan fingerprint density at radius 3 is 2.55 bits per heavy atom. The van der Waals surface area contributed by atoms with Gasteiger partial charge in [0, 0.05) is 19.6 Å². The molecule has 1 saturated heterocycles. The largest absolute Gasteiger partial charge is 0.369 e. The van der Waals surface area contributed by atoms with Crippen molar-refractivity contribution in [2.24, 2.45) is 22.6 Å². The van der Waals surface area contributed by atoms with Crippen molar-refractivity contribution >= 4 is 23.1 Å². The molecule has 22 heavy (non-hydrogen) atoms. The highest BCUT2D eigenvalue weighted by Gasteiger charge is 2.44. The van der Waals surface area contributed by atoms with Crippen LogP contribution in [0.5, 0.6) is 0 Å². The maximum atomic E-state index is 12.7. The maximum absolute atomic E-state index is 12.7. The Labute approximate surface area is 134 Å². The van der Waals surface area contributed by atoms with Crippen LogP contribution >= 0.6 is 0 Å². The molecule has 7 nitrogen and oxygen atoms in total. The van der Waals surface area contributed by atoms with E-state index in [0.717, 1.165) is 12.8 Å². The molecule has 0 aromatic rings. The van der Waals surface area contributed by atoms with Crippen LogP contribution in [0.25, 0.3) is 0 Å². The van der Waals surface area contributed by atoms with Gasteiger partial charge in [0.15, 0.2) is 5.96 Å². The van der Waals surface area contributed by atoms with Gasteiger partial charge in [0.05, 0.1) is 0 Å². The van der Waals surface area contributed by atoms with E-state index in [-0.39, 0.29) is 5.91 Å². The molecule has 0 bridgehead atoms. The third-order valence-electron chi connectivity index (χ3n) is 4.38. The smallest absolute Gasteiger partial charge is 0.257 e. The Kier molecular flexibility index (Phi) is 5.24. The first-order chi connectivity index (χ1) is 10.2. The van der Waals surface area contributed by atoms with Gasteiger partial charge in [-0.15, -0.1) is 0 Å². The number of piperidine rings is 1. The SMILES string of the molecule is CC(C)CC1(C)N=C(N)N(CC2CCN(S(=O)O)CC2)C1=O. The van der Waals surface area contributed by atoms with Crippen molar-refractivity contribution in [3.8, 4) is 0 Å². The lowest BCUT2D eigenvalue weighted by Gasteiger charge is -2.32. The van der Waals surface area contributed by atoms with Crippen LogP contribution in [-0.2, 0) is 16.1 Å². The molecule has 0 radical (unpaired) electrons. The molecule has 0 aromatic carbocycles. The lowest BCUT2D eigenvalue weighted by Crippen LogP contribution is -2.47. The molecule has 2 heterocycles. The molecule has 1 amide bonds. The van der Waals surface area contributed by atoms with Gasteiger partial charge in [-0.1, -0.05) is 13.8 Å². The fourth-order valence-corrected chi connectivity index (χ4v) is 3.89. The van der Waals surface area contributed by atoms with E-state index in [2.05, 4.69) is 18.8 Å². The Balaban J connectivity index is 1.96. The van der Waals surface area contributed by atoms with Crippen LogP contribution < -0.4 is 5.73 Å². The number of carbonyl (C=O) groups excluding carboxylic acids is 1. The lowest BCUT2D eigenvalue weighted by atomic mass is 9.90. The first-order valence-electron chi connectivity index (χ1n) is 7.76. The van der Waals surface area contributed by atoms with Crippen LogP contribution in [-0.4, -0.2) is 55.0 Å². The molecular formula is C14H26N4O3S. The van der Waals surface area contributed by atoms with Crippen LogP contribution in [0.2, 0.25) is 0 Å². The van der Waals surface area contributed by atoms with Crippen LogP contribution in [0.15, 0.2) is 4.99 Å². The van der Waals surface area contributed by atoms with Gasteiger partial charge >= 0.3 is 0 Å². The van der Waals surface area contributed by atoms with Gasteiger partial charge in [0.2, 0.25) is 11.3 Å². The van der Waals surface area contributed by atoms with Crippen LogP contribution in [0.1, 0.15) is 40.0 Å². The normalized spacial score (nSPS) is 29.2. The summed E-state index contributed by atoms with van der Waals surface area (Å²) in [6.45, 7) is 7.66. The molecule has 3 N–H and O–H groups in total. The molecule has 2 atom stereocenters. The zero-order valence-corrected chi connectivity index (χ0v) is 14.3. The Morgan fingerprint density at radius 1 is 1.45 bits per heavy atom. The fourth-order valence-electron chi connectivity index (χ4n) is 3.37. The van der Waals surface area contributed by atoms with Gasteiger partial charge in [-0.25, -0.2) is 13.5 Å². The summed E-state index contributed by atoms with van der Waals surface area (Å²) in [4.78, 5) is 18.7. The monoisotopic (exact) mass is 330 g/mol. The molecule has 0 saturated carbocycles. The number of carbonyl (C=O) groups is 1. The van der Waals surface area contributed by atoms with Crippen molar-refractivity contribution < 1.29 is 13.6 Å². The van der Waals surface area contributed by atoms with E-state index < -0.39 is 16.8 Å². The molecule has 2 aliphatic heterocycles. The summed E-state index contributed by atoms with van der Waals surface area (Å²) in [5.74, 6) is 0.945. The van der Waals surface area contributed by atoms with Crippen LogP contribution in [0.3, 0.4) is 0 Å². The molecule has 8 heteroatoms. The number of amides is 1. The number of aliphatic imine (C=N–C) groups is 1. The van der Waals surface area contributed by atoms with Gasteiger partial charge in [-0.05, 0) is 38.0 Å². The van der Waals surface area contributed by atoms with Crippen molar-refractivity contribution in [3.05, 3.63) is 0 Å². The number of hydrogen-bond donors (Lipinski definition) is 2. The highest BCUT2D eigenvalue weighted by molar-refractivity contribution is 7.76. The highest BCUT2D eigenvalue weighted by Crippen LogP contribution is 2.30. The summed E-state index contributed by atoms with van der Waals surface area (Å²) in [5, 5.41) is 0. The maximum Gasteiger partial charge on any atom is 0.257 e. The molecule has 2 unspecified atom stereocenters. The quantitative estimate of drug-likeness (QED) is 0.728. The summed E-state index contributed by atoms with van der Waals surface area (Å²) in [5.41, 5.74) is 5.22. The van der Waals surface area contributed by atoms with Crippen molar-refractivity contribution in [2.75, 3.05) is 19.6 Å². The Bertz CT molecular complexity index is 488. The standard InChI is InChI=1S/C14H26N4O3S/c1-10(2)8-14(3)12(19)18(13(15)16-14)9-11-4-6-17(7-5-11)22(20)21/h10-11H,4-9H2,1-3H3,(H2,15,16)(H,20,21). The molecule has 0 aliphatic carbocycles. The summed E-state index contributed by atoms with van der Waals surface area (Å²) in [6.07, 6.45) is 2.25. The summed E-state index contributed by atoms with van der Waals surface area (Å²) < 4.78 is 21.6. The minimum atomic E-state index is -1.90. The van der Waals surface area contributed by atoms with Gasteiger partial charge < -0.3 is 5.73 Å². The Hall–Kier alpha value is -0.990. The fraction of sp³-hybridized carbons (Fsp3) is 0.857. The van der Waals surface area contributed by atoms with Gasteiger partial charge in [-0.2, -0.15) is 0 Å². The number of hydrogen-bond acceptors (Lipinski definition) is 4. The third kappa shape index (κ3) is 3.67. The van der Waals surface area contributed by atoms with E-state index in [1.807, 2.05) is 6.92 Å². The average Bonchev–Trinajstić information content (AvgIpc) is 2.62. The van der Waals surface area contributed by atoms with Gasteiger partial charge in [0.1, 0.15) is 5.54 Å². The first-order valence-corrected chi connectivity index (χ1v) is 8.82. The number of nitrogens with zero attached hydrogens (tertiary/aromatic N) is 3. The summed E-state index contributed by atoms with van der Waals surface area (Å²) in [7, 11) is 0. The minimum absolute atomic E-state index is 0.0214. The molecule has 2 rings (SSSR count). The van der Waals surface area contributed by atoms with E-state index in [4.69, 9.17) is 10.3 Å². The van der Waals surface area contributed by atoms with E-state index >= 15 is 0 Å². The third-order valence-corrected chi connectivity index (χ3v) is 5.19. The topological polar surface area (TPSA) is 99.2 Å². The molecule has 0 aromatic heterocycles. The highest BCUT2D eigenvalue weighted by atomic mass is 32.2. The van der Waals surface area contributed by atoms with E-state index in [1.165, 1.54) is 4.31 Å². The Morgan fingerprint density at radius 2 is 2.05 bits per heavy atom. The van der Waals surface area contributed by atoms with E-state index in [0.29, 0.717) is 43.9 Å².